The number of nitrogens with one attached hydrogen (secondary N) is 1. The average molecular weight is 242 g/mol. The number of hydrogen-bond donors (Lipinski definition) is 1. The van der Waals surface area contributed by atoms with Crippen LogP contribution in [0.15, 0.2) is 17.1 Å². The standard InChI is InChI=1S/C10H18N4O3/c1-13-4-5-17-7-10(13)14-11-8(15-2)6-9(12-14)16-3/h6,10-11H,4-5,7H2,1-3H3. The van der Waals surface area contributed by atoms with Gasteiger partial charge >= 0.3 is 0 Å². The topological polar surface area (TPSA) is 58.6 Å². The number of rotatable bonds is 2. The van der Waals surface area contributed by atoms with Gasteiger partial charge in [-0.05, 0) is 7.05 Å². The highest BCUT2D eigenvalue weighted by Crippen LogP contribution is 2.13. The molecule has 2 heterocycles. The molecule has 0 aromatic rings. The summed E-state index contributed by atoms with van der Waals surface area (Å²) in [7, 11) is 5.20. The summed E-state index contributed by atoms with van der Waals surface area (Å²) in [5, 5.41) is 6.00. The summed E-state index contributed by atoms with van der Waals surface area (Å²) in [6.45, 7) is 2.20. The fraction of sp³-hybridized carbons (Fsp3) is 0.700. The van der Waals surface area contributed by atoms with E-state index in [0.29, 0.717) is 18.4 Å². The lowest BCUT2D eigenvalue weighted by Gasteiger charge is -2.39. The van der Waals surface area contributed by atoms with Crippen LogP contribution in [0.3, 0.4) is 0 Å². The van der Waals surface area contributed by atoms with E-state index in [0.717, 1.165) is 13.2 Å². The molecular formula is C10H18N4O3. The summed E-state index contributed by atoms with van der Waals surface area (Å²) in [5.41, 5.74) is 3.05. The minimum absolute atomic E-state index is 0.0211. The quantitative estimate of drug-likeness (QED) is 0.707. The van der Waals surface area contributed by atoms with Gasteiger partial charge in [0.05, 0.1) is 33.5 Å². The first kappa shape index (κ1) is 12.0. The Kier molecular flexibility index (Phi) is 3.70. The molecule has 0 aromatic heterocycles. The molecule has 0 saturated carbocycles. The molecule has 0 spiro atoms. The summed E-state index contributed by atoms with van der Waals surface area (Å²) >= 11 is 0. The Hall–Kier alpha value is -1.47. The molecule has 17 heavy (non-hydrogen) atoms. The number of ether oxygens (including phenoxy) is 3. The minimum Gasteiger partial charge on any atom is -0.481 e. The Morgan fingerprint density at radius 1 is 1.47 bits per heavy atom. The number of hydrazine groups is 1. The highest BCUT2D eigenvalue weighted by atomic mass is 16.5. The lowest BCUT2D eigenvalue weighted by Crippen LogP contribution is -2.57. The van der Waals surface area contributed by atoms with Gasteiger partial charge in [-0.25, -0.2) is 5.43 Å². The summed E-state index contributed by atoms with van der Waals surface area (Å²) in [4.78, 5) is 2.16. The first-order valence-corrected chi connectivity index (χ1v) is 5.46. The van der Waals surface area contributed by atoms with Gasteiger partial charge in [0, 0.05) is 6.54 Å². The van der Waals surface area contributed by atoms with E-state index in [4.69, 9.17) is 14.2 Å². The average Bonchev–Trinajstić information content (AvgIpc) is 2.38. The van der Waals surface area contributed by atoms with Crippen LogP contribution in [-0.2, 0) is 14.2 Å². The molecule has 1 saturated heterocycles. The second kappa shape index (κ2) is 5.24. The Morgan fingerprint density at radius 3 is 2.94 bits per heavy atom. The Balaban J connectivity index is 2.10. The molecule has 0 aliphatic carbocycles. The van der Waals surface area contributed by atoms with Crippen LogP contribution in [0.4, 0.5) is 0 Å². The van der Waals surface area contributed by atoms with E-state index >= 15 is 0 Å². The highest BCUT2D eigenvalue weighted by Gasteiger charge is 2.28. The normalized spacial score (nSPS) is 25.8. The zero-order valence-electron chi connectivity index (χ0n) is 10.3. The summed E-state index contributed by atoms with van der Waals surface area (Å²) in [6, 6.07) is 0. The summed E-state index contributed by atoms with van der Waals surface area (Å²) in [6.07, 6.45) is 1.72. The van der Waals surface area contributed by atoms with Crippen LogP contribution >= 0.6 is 0 Å². The van der Waals surface area contributed by atoms with Crippen LogP contribution in [0.5, 0.6) is 0 Å². The third-order valence-electron chi connectivity index (χ3n) is 2.76. The van der Waals surface area contributed by atoms with Crippen molar-refractivity contribution in [3.05, 3.63) is 12.0 Å². The highest BCUT2D eigenvalue weighted by molar-refractivity contribution is 5.88. The molecule has 2 aliphatic rings. The summed E-state index contributed by atoms with van der Waals surface area (Å²) in [5.74, 6) is 1.09. The molecule has 7 heteroatoms. The van der Waals surface area contributed by atoms with Gasteiger partial charge in [0.1, 0.15) is 6.17 Å². The Labute approximate surface area is 101 Å². The second-order valence-electron chi connectivity index (χ2n) is 3.85. The maximum atomic E-state index is 5.45. The zero-order valence-corrected chi connectivity index (χ0v) is 10.3. The largest absolute Gasteiger partial charge is 0.481 e. The molecule has 2 rings (SSSR count). The lowest BCUT2D eigenvalue weighted by molar-refractivity contribution is -0.0863. The molecule has 0 aromatic carbocycles. The molecule has 2 aliphatic heterocycles. The van der Waals surface area contributed by atoms with Crippen molar-refractivity contribution in [3.63, 3.8) is 0 Å². The van der Waals surface area contributed by atoms with Gasteiger partial charge in [0.2, 0.25) is 11.8 Å². The predicted octanol–water partition coefficient (Wildman–Crippen LogP) is -0.458. The van der Waals surface area contributed by atoms with Crippen molar-refractivity contribution in [1.29, 1.82) is 0 Å². The third-order valence-corrected chi connectivity index (χ3v) is 2.76. The summed E-state index contributed by atoms with van der Waals surface area (Å²) < 4.78 is 15.7. The Morgan fingerprint density at radius 2 is 2.29 bits per heavy atom. The smallest absolute Gasteiger partial charge is 0.238 e. The van der Waals surface area contributed by atoms with Gasteiger partial charge < -0.3 is 14.2 Å². The molecule has 1 atom stereocenters. The molecule has 1 fully saturated rings. The van der Waals surface area contributed by atoms with Crippen LogP contribution in [0.25, 0.3) is 0 Å². The van der Waals surface area contributed by atoms with Crippen LogP contribution in [0.2, 0.25) is 0 Å². The van der Waals surface area contributed by atoms with Crippen molar-refractivity contribution >= 4 is 5.90 Å². The van der Waals surface area contributed by atoms with Gasteiger partial charge in [0.25, 0.3) is 0 Å². The van der Waals surface area contributed by atoms with Crippen molar-refractivity contribution in [2.45, 2.75) is 6.17 Å². The van der Waals surface area contributed by atoms with Gasteiger partial charge in [-0.2, -0.15) is 5.12 Å². The van der Waals surface area contributed by atoms with E-state index in [1.165, 1.54) is 0 Å². The van der Waals surface area contributed by atoms with Gasteiger partial charge in [0.15, 0.2) is 0 Å². The van der Waals surface area contributed by atoms with Gasteiger partial charge in [-0.15, -0.1) is 5.10 Å². The monoisotopic (exact) mass is 242 g/mol. The first-order chi connectivity index (χ1) is 8.24. The fourth-order valence-electron chi connectivity index (χ4n) is 1.69. The minimum atomic E-state index is 0.0211. The maximum absolute atomic E-state index is 5.45. The molecule has 1 N–H and O–H groups in total. The molecule has 1 unspecified atom stereocenters. The van der Waals surface area contributed by atoms with Crippen molar-refractivity contribution in [1.82, 2.24) is 15.4 Å². The number of morpholine rings is 1. The lowest BCUT2D eigenvalue weighted by atomic mass is 10.4. The predicted molar refractivity (Wildman–Crippen MR) is 61.7 cm³/mol. The van der Waals surface area contributed by atoms with Gasteiger partial charge in [-0.1, -0.05) is 0 Å². The number of likely N-dealkylation sites (N-methyl/N-ethyl adjacent to an activating group) is 1. The SMILES string of the molecule is COC1=CC(OC)=NN(C2COCCN2C)N1. The molecular weight excluding hydrogens is 224 g/mol. The van der Waals surface area contributed by atoms with E-state index in [1.807, 2.05) is 7.05 Å². The van der Waals surface area contributed by atoms with Crippen LogP contribution < -0.4 is 5.43 Å². The van der Waals surface area contributed by atoms with Crippen LogP contribution in [0, 0.1) is 0 Å². The Bertz CT molecular complexity index is 332. The van der Waals surface area contributed by atoms with Crippen molar-refractivity contribution in [2.24, 2.45) is 5.10 Å². The number of hydrogen-bond acceptors (Lipinski definition) is 7. The number of hydrazone groups is 1. The zero-order chi connectivity index (χ0) is 12.3. The number of nitrogens with zero attached hydrogens (tertiary/aromatic N) is 3. The molecule has 0 amide bonds. The molecule has 0 radical (unpaired) electrons. The fourth-order valence-corrected chi connectivity index (χ4v) is 1.69. The van der Waals surface area contributed by atoms with Gasteiger partial charge in [-0.3, -0.25) is 4.90 Å². The third kappa shape index (κ3) is 2.62. The molecule has 7 nitrogen and oxygen atoms in total. The van der Waals surface area contributed by atoms with E-state index in [2.05, 4.69) is 15.4 Å². The van der Waals surface area contributed by atoms with Crippen LogP contribution in [0.1, 0.15) is 0 Å². The van der Waals surface area contributed by atoms with E-state index < -0.39 is 0 Å². The molecule has 96 valence electrons. The second-order valence-corrected chi connectivity index (χ2v) is 3.85. The number of methoxy groups -OCH3 is 2. The van der Waals surface area contributed by atoms with E-state index in [-0.39, 0.29) is 6.17 Å². The first-order valence-electron chi connectivity index (χ1n) is 5.46. The molecule has 0 bridgehead atoms. The van der Waals surface area contributed by atoms with Crippen molar-refractivity contribution in [3.8, 4) is 0 Å². The van der Waals surface area contributed by atoms with Crippen molar-refractivity contribution in [2.75, 3.05) is 41.0 Å². The van der Waals surface area contributed by atoms with Crippen molar-refractivity contribution < 1.29 is 14.2 Å². The van der Waals surface area contributed by atoms with E-state index in [1.54, 1.807) is 25.4 Å². The van der Waals surface area contributed by atoms with Crippen LogP contribution in [-0.4, -0.2) is 63.1 Å². The van der Waals surface area contributed by atoms with E-state index in [9.17, 15) is 0 Å². The maximum Gasteiger partial charge on any atom is 0.238 e.